The Kier molecular flexibility index (Phi) is 8.51. The van der Waals surface area contributed by atoms with Crippen LogP contribution in [0.5, 0.6) is 0 Å². The van der Waals surface area contributed by atoms with Gasteiger partial charge in [-0.15, -0.1) is 0 Å². The first-order valence-electron chi connectivity index (χ1n) is 16.8. The van der Waals surface area contributed by atoms with E-state index in [0.29, 0.717) is 44.9 Å². The lowest BCUT2D eigenvalue weighted by molar-refractivity contribution is 0.0460. The molecule has 6 nitrogen and oxygen atoms in total. The van der Waals surface area contributed by atoms with Crippen LogP contribution in [0, 0.1) is 11.8 Å². The van der Waals surface area contributed by atoms with E-state index in [1.807, 2.05) is 0 Å². The molecule has 0 aromatic heterocycles. The number of rotatable bonds is 10. The van der Waals surface area contributed by atoms with Gasteiger partial charge in [-0.05, 0) is 87.5 Å². The molecule has 224 valence electrons. The van der Waals surface area contributed by atoms with Gasteiger partial charge in [-0.3, -0.25) is 29.0 Å². The molecule has 0 saturated heterocycles. The minimum atomic E-state index is -0.283. The highest BCUT2D eigenvalue weighted by Crippen LogP contribution is 2.42. The van der Waals surface area contributed by atoms with E-state index < -0.39 is 0 Å². The van der Waals surface area contributed by atoms with Gasteiger partial charge >= 0.3 is 0 Å². The van der Waals surface area contributed by atoms with E-state index in [0.717, 1.165) is 51.4 Å². The maximum atomic E-state index is 13.9. The van der Waals surface area contributed by atoms with E-state index >= 15 is 0 Å². The lowest BCUT2D eigenvalue weighted by atomic mass is 9.79. The summed E-state index contributed by atoms with van der Waals surface area (Å²) < 4.78 is 0. The monoisotopic (exact) mass is 570 g/mol. The third-order valence-corrected chi connectivity index (χ3v) is 10.8. The average molecular weight is 571 g/mol. The Balaban J connectivity index is 1.23. The fourth-order valence-corrected chi connectivity index (χ4v) is 8.32. The highest BCUT2D eigenvalue weighted by Gasteiger charge is 2.44. The van der Waals surface area contributed by atoms with Crippen LogP contribution < -0.4 is 0 Å². The first-order chi connectivity index (χ1) is 20.4. The van der Waals surface area contributed by atoms with E-state index in [4.69, 9.17) is 0 Å². The summed E-state index contributed by atoms with van der Waals surface area (Å²) in [6.07, 6.45) is 17.5. The van der Waals surface area contributed by atoms with E-state index in [1.54, 1.807) is 24.3 Å². The zero-order valence-electron chi connectivity index (χ0n) is 25.5. The van der Waals surface area contributed by atoms with Crippen molar-refractivity contribution in [2.45, 2.75) is 129 Å². The summed E-state index contributed by atoms with van der Waals surface area (Å²) >= 11 is 0. The van der Waals surface area contributed by atoms with Crippen LogP contribution in [0.1, 0.15) is 158 Å². The van der Waals surface area contributed by atoms with Crippen LogP contribution in [0.3, 0.4) is 0 Å². The quantitative estimate of drug-likeness (QED) is 0.213. The van der Waals surface area contributed by atoms with Gasteiger partial charge in [-0.1, -0.05) is 65.2 Å². The number of benzene rings is 2. The molecule has 42 heavy (non-hydrogen) atoms. The smallest absolute Gasteiger partial charge is 0.261 e. The van der Waals surface area contributed by atoms with Crippen LogP contribution in [-0.4, -0.2) is 45.5 Å². The number of carbonyl (C=O) groups is 4. The molecule has 2 fully saturated rings. The summed E-state index contributed by atoms with van der Waals surface area (Å²) in [5, 5.41) is 0.982. The summed E-state index contributed by atoms with van der Waals surface area (Å²) in [6, 6.07) is 6.69. The number of carbonyl (C=O) groups excluding carboxylic acids is 4. The molecule has 2 saturated carbocycles. The maximum absolute atomic E-state index is 13.9. The highest BCUT2D eigenvalue weighted by molar-refractivity contribution is 6.33. The number of amides is 4. The van der Waals surface area contributed by atoms with Crippen molar-refractivity contribution in [3.05, 3.63) is 46.5 Å². The number of hydrogen-bond donors (Lipinski definition) is 0. The van der Waals surface area contributed by atoms with E-state index in [2.05, 4.69) is 13.8 Å². The summed E-state index contributed by atoms with van der Waals surface area (Å²) in [4.78, 5) is 58.4. The van der Waals surface area contributed by atoms with Gasteiger partial charge in [0, 0.05) is 45.1 Å². The molecular formula is C36H46N2O4. The maximum Gasteiger partial charge on any atom is 0.261 e. The van der Waals surface area contributed by atoms with Crippen LogP contribution in [0.15, 0.2) is 24.3 Å². The minimum Gasteiger partial charge on any atom is -0.271 e. The van der Waals surface area contributed by atoms with E-state index in [-0.39, 0.29) is 35.7 Å². The third kappa shape index (κ3) is 5.09. The molecular weight excluding hydrogens is 524 g/mol. The van der Waals surface area contributed by atoms with Gasteiger partial charge in [0.2, 0.25) is 0 Å². The normalized spacial score (nSPS) is 26.0. The SMILES string of the molecule is CCCCC[C@H]1CC[C@H](N2C(=O)c3ccc4c5c(ccc(c35)C2=O)C(=O)N([C@H]2CC[C@H](CCCCC)CC2)C4=O)CC1. The van der Waals surface area contributed by atoms with Gasteiger partial charge in [0.15, 0.2) is 0 Å². The van der Waals surface area contributed by atoms with Crippen LogP contribution in [0.2, 0.25) is 0 Å². The molecule has 2 aliphatic carbocycles. The number of hydrogen-bond acceptors (Lipinski definition) is 4. The Morgan fingerprint density at radius 3 is 1.10 bits per heavy atom. The van der Waals surface area contributed by atoms with Crippen LogP contribution in [-0.2, 0) is 0 Å². The molecule has 0 spiro atoms. The molecule has 6 rings (SSSR count). The van der Waals surface area contributed by atoms with Crippen LogP contribution >= 0.6 is 0 Å². The standard InChI is InChI=1S/C36H46N2O4/c1-3-5-7-9-23-11-15-25(16-12-23)37-33(39)27-19-21-29-32-30(22-20-28(31(27)32)34(37)40)36(42)38(35(29)41)26-17-13-24(14-18-26)10-8-6-4-2/h19-26H,3-18H2,1-2H3/t23-,24-,25-,26-. The molecule has 4 aliphatic rings. The summed E-state index contributed by atoms with van der Waals surface area (Å²) in [7, 11) is 0. The zero-order valence-corrected chi connectivity index (χ0v) is 25.5. The van der Waals surface area contributed by atoms with Crippen molar-refractivity contribution in [3.8, 4) is 0 Å². The molecule has 6 heteroatoms. The van der Waals surface area contributed by atoms with Crippen molar-refractivity contribution in [2.24, 2.45) is 11.8 Å². The molecule has 4 amide bonds. The molecule has 0 unspecified atom stereocenters. The fraction of sp³-hybridized carbons (Fsp3) is 0.611. The van der Waals surface area contributed by atoms with Gasteiger partial charge in [0.05, 0.1) is 0 Å². The summed E-state index contributed by atoms with van der Waals surface area (Å²) in [5.74, 6) is 0.225. The van der Waals surface area contributed by atoms with Crippen molar-refractivity contribution in [2.75, 3.05) is 0 Å². The van der Waals surface area contributed by atoms with Crippen molar-refractivity contribution < 1.29 is 19.2 Å². The van der Waals surface area contributed by atoms with Crippen LogP contribution in [0.25, 0.3) is 10.8 Å². The average Bonchev–Trinajstić information content (AvgIpc) is 3.00. The van der Waals surface area contributed by atoms with Crippen LogP contribution in [0.4, 0.5) is 0 Å². The third-order valence-electron chi connectivity index (χ3n) is 10.8. The minimum absolute atomic E-state index is 0.0984. The molecule has 2 heterocycles. The Morgan fingerprint density at radius 2 is 0.810 bits per heavy atom. The van der Waals surface area contributed by atoms with Crippen molar-refractivity contribution in [3.63, 3.8) is 0 Å². The zero-order chi connectivity index (χ0) is 29.4. The van der Waals surface area contributed by atoms with Crippen molar-refractivity contribution >= 4 is 34.4 Å². The molecule has 0 bridgehead atoms. The second-order valence-electron chi connectivity index (χ2n) is 13.4. The Morgan fingerprint density at radius 1 is 0.500 bits per heavy atom. The van der Waals surface area contributed by atoms with Crippen molar-refractivity contribution in [1.82, 2.24) is 9.80 Å². The Labute approximate surface area is 250 Å². The summed E-state index contributed by atoms with van der Waals surface area (Å²) in [6.45, 7) is 4.44. The second kappa shape index (κ2) is 12.3. The number of imide groups is 2. The molecule has 2 aromatic carbocycles. The number of nitrogens with zero attached hydrogens (tertiary/aromatic N) is 2. The van der Waals surface area contributed by atoms with Gasteiger partial charge in [0.1, 0.15) is 0 Å². The largest absolute Gasteiger partial charge is 0.271 e. The van der Waals surface area contributed by atoms with Gasteiger partial charge in [-0.2, -0.15) is 0 Å². The topological polar surface area (TPSA) is 74.8 Å². The first-order valence-corrected chi connectivity index (χ1v) is 16.8. The molecule has 0 radical (unpaired) electrons. The molecule has 2 aromatic rings. The van der Waals surface area contributed by atoms with Gasteiger partial charge in [0.25, 0.3) is 23.6 Å². The molecule has 0 N–H and O–H groups in total. The lowest BCUT2D eigenvalue weighted by Gasteiger charge is -2.40. The predicted molar refractivity (Wildman–Crippen MR) is 165 cm³/mol. The molecule has 2 aliphatic heterocycles. The Bertz CT molecular complexity index is 1210. The van der Waals surface area contributed by atoms with Gasteiger partial charge in [-0.25, -0.2) is 0 Å². The Hall–Kier alpha value is -3.02. The highest BCUT2D eigenvalue weighted by atomic mass is 16.2. The van der Waals surface area contributed by atoms with Gasteiger partial charge < -0.3 is 0 Å². The second-order valence-corrected chi connectivity index (χ2v) is 13.4. The molecule has 0 atom stereocenters. The number of unbranched alkanes of at least 4 members (excludes halogenated alkanes) is 4. The van der Waals surface area contributed by atoms with E-state index in [1.165, 1.54) is 61.2 Å². The van der Waals surface area contributed by atoms with E-state index in [9.17, 15) is 19.2 Å². The predicted octanol–water partition coefficient (Wildman–Crippen LogP) is 8.31. The van der Waals surface area contributed by atoms with Crippen molar-refractivity contribution in [1.29, 1.82) is 0 Å². The summed E-state index contributed by atoms with van der Waals surface area (Å²) in [5.41, 5.74) is 1.77. The lowest BCUT2D eigenvalue weighted by Crippen LogP contribution is -2.50. The first kappa shape index (κ1) is 29.1. The fourth-order valence-electron chi connectivity index (χ4n) is 8.32.